The maximum Gasteiger partial charge on any atom is 0.257 e. The van der Waals surface area contributed by atoms with Gasteiger partial charge in [-0.1, -0.05) is 0 Å². The smallest absolute Gasteiger partial charge is 0.257 e. The van der Waals surface area contributed by atoms with Gasteiger partial charge in [-0.05, 0) is 44.0 Å². The molecule has 2 aliphatic heterocycles. The van der Waals surface area contributed by atoms with Gasteiger partial charge >= 0.3 is 0 Å². The summed E-state index contributed by atoms with van der Waals surface area (Å²) < 4.78 is 20.2. The molecular formula is C20H23FN4O3. The lowest BCUT2D eigenvalue weighted by Crippen LogP contribution is -2.52. The van der Waals surface area contributed by atoms with Gasteiger partial charge in [-0.2, -0.15) is 5.10 Å². The van der Waals surface area contributed by atoms with Gasteiger partial charge in [0, 0.05) is 32.8 Å². The van der Waals surface area contributed by atoms with Gasteiger partial charge in [0.25, 0.3) is 11.8 Å². The molecular weight excluding hydrogens is 363 g/mol. The third-order valence-corrected chi connectivity index (χ3v) is 5.40. The Balaban J connectivity index is 1.41. The highest BCUT2D eigenvalue weighted by molar-refractivity contribution is 5.95. The minimum Gasteiger partial charge on any atom is -0.368 e. The predicted molar refractivity (Wildman–Crippen MR) is 99.7 cm³/mol. The number of benzene rings is 1. The molecule has 0 saturated carbocycles. The quantitative estimate of drug-likeness (QED) is 0.807. The fraction of sp³-hybridized carbons (Fsp3) is 0.450. The van der Waals surface area contributed by atoms with Crippen LogP contribution in [0.15, 0.2) is 30.5 Å². The minimum absolute atomic E-state index is 0.0323. The maximum absolute atomic E-state index is 13.1. The van der Waals surface area contributed by atoms with Gasteiger partial charge in [0.15, 0.2) is 0 Å². The first kappa shape index (κ1) is 18.6. The molecule has 4 rings (SSSR count). The normalized spacial score (nSPS) is 19.9. The predicted octanol–water partition coefficient (Wildman–Crippen LogP) is 1.78. The Morgan fingerprint density at radius 2 is 1.79 bits per heavy atom. The second-order valence-electron chi connectivity index (χ2n) is 7.15. The first-order chi connectivity index (χ1) is 13.5. The van der Waals surface area contributed by atoms with Gasteiger partial charge in [-0.3, -0.25) is 9.59 Å². The number of aromatic nitrogens is 2. The zero-order valence-electron chi connectivity index (χ0n) is 15.8. The molecule has 0 aliphatic carbocycles. The molecule has 0 radical (unpaired) electrons. The van der Waals surface area contributed by atoms with E-state index in [0.29, 0.717) is 49.7 Å². The molecule has 7 nitrogen and oxygen atoms in total. The molecule has 0 bridgehead atoms. The van der Waals surface area contributed by atoms with Gasteiger partial charge in [0.2, 0.25) is 0 Å². The molecule has 2 saturated heterocycles. The number of carbonyl (C=O) groups is 2. The lowest BCUT2D eigenvalue weighted by molar-refractivity contribution is -0.142. The van der Waals surface area contributed by atoms with Gasteiger partial charge in [0.1, 0.15) is 11.9 Å². The third-order valence-electron chi connectivity index (χ3n) is 5.40. The maximum atomic E-state index is 13.1. The van der Waals surface area contributed by atoms with Gasteiger partial charge in [-0.15, -0.1) is 0 Å². The highest BCUT2D eigenvalue weighted by Gasteiger charge is 2.32. The van der Waals surface area contributed by atoms with E-state index < -0.39 is 0 Å². The lowest BCUT2D eigenvalue weighted by atomic mass is 10.1. The van der Waals surface area contributed by atoms with Crippen molar-refractivity contribution in [2.75, 3.05) is 32.8 Å². The molecule has 0 N–H and O–H groups in total. The fourth-order valence-electron chi connectivity index (χ4n) is 3.74. The highest BCUT2D eigenvalue weighted by atomic mass is 19.1. The Morgan fingerprint density at radius 3 is 2.43 bits per heavy atom. The Bertz CT molecular complexity index is 866. The summed E-state index contributed by atoms with van der Waals surface area (Å²) in [5, 5.41) is 4.29. The van der Waals surface area contributed by atoms with Crippen molar-refractivity contribution in [3.05, 3.63) is 47.5 Å². The average Bonchev–Trinajstić information content (AvgIpc) is 3.38. The zero-order valence-corrected chi connectivity index (χ0v) is 15.8. The summed E-state index contributed by atoms with van der Waals surface area (Å²) in [7, 11) is 0. The van der Waals surface area contributed by atoms with Gasteiger partial charge in [-0.25, -0.2) is 9.07 Å². The number of hydrogen-bond donors (Lipinski definition) is 0. The molecule has 2 fully saturated rings. The van der Waals surface area contributed by atoms with E-state index in [1.807, 2.05) is 6.92 Å². The number of carbonyl (C=O) groups excluding carboxylic acids is 2. The van der Waals surface area contributed by atoms with Crippen LogP contribution in [0, 0.1) is 12.7 Å². The second-order valence-corrected chi connectivity index (χ2v) is 7.15. The van der Waals surface area contributed by atoms with Crippen LogP contribution < -0.4 is 0 Å². The third kappa shape index (κ3) is 3.52. The number of piperazine rings is 1. The summed E-state index contributed by atoms with van der Waals surface area (Å²) in [5.74, 6) is -0.389. The molecule has 2 aliphatic rings. The number of hydrogen-bond acceptors (Lipinski definition) is 4. The number of nitrogens with zero attached hydrogens (tertiary/aromatic N) is 4. The molecule has 28 heavy (non-hydrogen) atoms. The summed E-state index contributed by atoms with van der Waals surface area (Å²) in [4.78, 5) is 28.9. The van der Waals surface area contributed by atoms with Gasteiger partial charge in [0.05, 0.1) is 23.1 Å². The number of amides is 2. The van der Waals surface area contributed by atoms with Gasteiger partial charge < -0.3 is 14.5 Å². The molecule has 0 unspecified atom stereocenters. The molecule has 1 aromatic heterocycles. The SMILES string of the molecule is Cc1c(C(=O)N2CCN(C(=O)[C@H]3CCCO3)CC2)cnn1-c1ccc(F)cc1. The summed E-state index contributed by atoms with van der Waals surface area (Å²) in [6, 6.07) is 5.97. The molecule has 3 heterocycles. The molecule has 1 aromatic carbocycles. The second kappa shape index (κ2) is 7.71. The van der Waals surface area contributed by atoms with Crippen molar-refractivity contribution in [2.45, 2.75) is 25.9 Å². The van der Waals surface area contributed by atoms with E-state index >= 15 is 0 Å². The minimum atomic E-state index is -0.321. The van der Waals surface area contributed by atoms with Crippen LogP contribution in [0.3, 0.4) is 0 Å². The van der Waals surface area contributed by atoms with E-state index in [9.17, 15) is 14.0 Å². The Morgan fingerprint density at radius 1 is 1.11 bits per heavy atom. The van der Waals surface area contributed by atoms with Crippen molar-refractivity contribution >= 4 is 11.8 Å². The summed E-state index contributed by atoms with van der Waals surface area (Å²) in [6.45, 7) is 4.45. The zero-order chi connectivity index (χ0) is 19.7. The highest BCUT2D eigenvalue weighted by Crippen LogP contribution is 2.19. The molecule has 2 amide bonds. The van der Waals surface area contributed by atoms with Crippen LogP contribution in [0.2, 0.25) is 0 Å². The number of ether oxygens (including phenoxy) is 1. The number of rotatable bonds is 3. The Kier molecular flexibility index (Phi) is 5.13. The van der Waals surface area contributed by atoms with E-state index in [1.165, 1.54) is 12.1 Å². The van der Waals surface area contributed by atoms with E-state index in [0.717, 1.165) is 12.8 Å². The summed E-state index contributed by atoms with van der Waals surface area (Å²) in [5.41, 5.74) is 1.92. The summed E-state index contributed by atoms with van der Waals surface area (Å²) in [6.07, 6.45) is 2.93. The first-order valence-electron chi connectivity index (χ1n) is 9.55. The molecule has 8 heteroatoms. The Labute approximate surface area is 162 Å². The first-order valence-corrected chi connectivity index (χ1v) is 9.55. The van der Waals surface area contributed by atoms with Crippen LogP contribution in [0.25, 0.3) is 5.69 Å². The Hall–Kier alpha value is -2.74. The van der Waals surface area contributed by atoms with Crippen LogP contribution in [0.5, 0.6) is 0 Å². The van der Waals surface area contributed by atoms with E-state index in [4.69, 9.17) is 4.74 Å². The van der Waals surface area contributed by atoms with Crippen molar-refractivity contribution in [3.63, 3.8) is 0 Å². The van der Waals surface area contributed by atoms with Crippen LogP contribution in [-0.2, 0) is 9.53 Å². The lowest BCUT2D eigenvalue weighted by Gasteiger charge is -2.35. The molecule has 1 atom stereocenters. The van der Waals surface area contributed by atoms with Crippen LogP contribution in [0.4, 0.5) is 4.39 Å². The number of halogens is 1. The standard InChI is InChI=1S/C20H23FN4O3/c1-14-17(13-22-25(14)16-6-4-15(21)5-7-16)19(26)23-8-10-24(11-9-23)20(27)18-3-2-12-28-18/h4-7,13,18H,2-3,8-12H2,1H3/t18-/m1/s1. The topological polar surface area (TPSA) is 67.7 Å². The molecule has 0 spiro atoms. The van der Waals surface area contributed by atoms with Crippen molar-refractivity contribution in [3.8, 4) is 5.69 Å². The van der Waals surface area contributed by atoms with E-state index in [2.05, 4.69) is 5.10 Å². The summed E-state index contributed by atoms with van der Waals surface area (Å²) >= 11 is 0. The van der Waals surface area contributed by atoms with Crippen molar-refractivity contribution in [1.29, 1.82) is 0 Å². The van der Waals surface area contributed by atoms with E-state index in [-0.39, 0.29) is 23.7 Å². The largest absolute Gasteiger partial charge is 0.368 e. The van der Waals surface area contributed by atoms with Crippen molar-refractivity contribution < 1.29 is 18.7 Å². The van der Waals surface area contributed by atoms with Crippen LogP contribution >= 0.6 is 0 Å². The monoisotopic (exact) mass is 386 g/mol. The average molecular weight is 386 g/mol. The fourth-order valence-corrected chi connectivity index (χ4v) is 3.74. The van der Waals surface area contributed by atoms with Crippen LogP contribution in [0.1, 0.15) is 28.9 Å². The van der Waals surface area contributed by atoms with Crippen LogP contribution in [-0.4, -0.2) is 70.3 Å². The van der Waals surface area contributed by atoms with Crippen molar-refractivity contribution in [1.82, 2.24) is 19.6 Å². The van der Waals surface area contributed by atoms with Crippen molar-refractivity contribution in [2.24, 2.45) is 0 Å². The molecule has 148 valence electrons. The molecule has 2 aromatic rings. The van der Waals surface area contributed by atoms with E-state index in [1.54, 1.807) is 32.8 Å².